The van der Waals surface area contributed by atoms with E-state index in [0.29, 0.717) is 17.0 Å². The van der Waals surface area contributed by atoms with Gasteiger partial charge in [-0.2, -0.15) is 0 Å². The lowest BCUT2D eigenvalue weighted by Gasteiger charge is -2.16. The minimum atomic E-state index is -0.158. The SMILES string of the molecule is CN(C(=O)c1ccc2ncoc2c1)c1cc(Br)ccn1. The summed E-state index contributed by atoms with van der Waals surface area (Å²) >= 11 is 3.36. The Morgan fingerprint density at radius 3 is 2.90 bits per heavy atom. The Labute approximate surface area is 123 Å². The standard InChI is InChI=1S/C14H10BrN3O2/c1-18(13-7-10(15)4-5-16-13)14(19)9-2-3-11-12(6-9)20-8-17-11/h2-8H,1H3. The van der Waals surface area contributed by atoms with Crippen LogP contribution in [0.1, 0.15) is 10.4 Å². The molecule has 3 aromatic rings. The highest BCUT2D eigenvalue weighted by atomic mass is 79.9. The summed E-state index contributed by atoms with van der Waals surface area (Å²) in [7, 11) is 1.68. The summed E-state index contributed by atoms with van der Waals surface area (Å²) in [6.45, 7) is 0. The number of fused-ring (bicyclic) bond motifs is 1. The van der Waals surface area contributed by atoms with Crippen molar-refractivity contribution in [3.63, 3.8) is 0 Å². The lowest BCUT2D eigenvalue weighted by molar-refractivity contribution is 0.0992. The molecule has 0 atom stereocenters. The van der Waals surface area contributed by atoms with Gasteiger partial charge in [0.15, 0.2) is 12.0 Å². The minimum absolute atomic E-state index is 0.158. The summed E-state index contributed by atoms with van der Waals surface area (Å²) in [5.41, 5.74) is 1.84. The summed E-state index contributed by atoms with van der Waals surface area (Å²) in [5.74, 6) is 0.413. The number of anilines is 1. The van der Waals surface area contributed by atoms with Crippen LogP contribution in [0.15, 0.2) is 51.8 Å². The maximum atomic E-state index is 12.4. The molecule has 0 bridgehead atoms. The van der Waals surface area contributed by atoms with Gasteiger partial charge in [0.05, 0.1) is 0 Å². The van der Waals surface area contributed by atoms with Gasteiger partial charge in [0, 0.05) is 23.3 Å². The molecule has 5 nitrogen and oxygen atoms in total. The van der Waals surface area contributed by atoms with E-state index < -0.39 is 0 Å². The number of hydrogen-bond acceptors (Lipinski definition) is 4. The van der Waals surface area contributed by atoms with Gasteiger partial charge in [0.1, 0.15) is 11.3 Å². The number of benzene rings is 1. The Balaban J connectivity index is 1.94. The van der Waals surface area contributed by atoms with E-state index in [1.54, 1.807) is 37.5 Å². The third kappa shape index (κ3) is 2.30. The molecule has 0 N–H and O–H groups in total. The summed E-state index contributed by atoms with van der Waals surface area (Å²) in [4.78, 5) is 22.1. The van der Waals surface area contributed by atoms with E-state index in [0.717, 1.165) is 9.99 Å². The second-order valence-electron chi connectivity index (χ2n) is 4.23. The van der Waals surface area contributed by atoms with Crippen LogP contribution in [0.2, 0.25) is 0 Å². The Morgan fingerprint density at radius 2 is 2.10 bits per heavy atom. The number of nitrogens with zero attached hydrogens (tertiary/aromatic N) is 3. The molecule has 6 heteroatoms. The van der Waals surface area contributed by atoms with Crippen LogP contribution >= 0.6 is 15.9 Å². The van der Waals surface area contributed by atoms with E-state index in [2.05, 4.69) is 25.9 Å². The number of aromatic nitrogens is 2. The first kappa shape index (κ1) is 12.8. The maximum Gasteiger partial charge on any atom is 0.259 e. The fourth-order valence-corrected chi connectivity index (χ4v) is 2.19. The number of carbonyl (C=O) groups excluding carboxylic acids is 1. The van der Waals surface area contributed by atoms with Crippen molar-refractivity contribution < 1.29 is 9.21 Å². The van der Waals surface area contributed by atoms with Gasteiger partial charge in [-0.1, -0.05) is 15.9 Å². The Kier molecular flexibility index (Phi) is 3.23. The van der Waals surface area contributed by atoms with E-state index in [4.69, 9.17) is 4.42 Å². The van der Waals surface area contributed by atoms with Gasteiger partial charge in [-0.15, -0.1) is 0 Å². The van der Waals surface area contributed by atoms with Gasteiger partial charge in [-0.05, 0) is 30.3 Å². The van der Waals surface area contributed by atoms with E-state index in [9.17, 15) is 4.79 Å². The number of halogens is 1. The summed E-state index contributed by atoms with van der Waals surface area (Å²) in [5, 5.41) is 0. The predicted molar refractivity (Wildman–Crippen MR) is 78.7 cm³/mol. The molecule has 0 aliphatic rings. The molecule has 100 valence electrons. The molecule has 20 heavy (non-hydrogen) atoms. The molecule has 0 saturated carbocycles. The van der Waals surface area contributed by atoms with Crippen LogP contribution < -0.4 is 4.90 Å². The van der Waals surface area contributed by atoms with Gasteiger partial charge < -0.3 is 4.42 Å². The van der Waals surface area contributed by atoms with Crippen molar-refractivity contribution in [1.29, 1.82) is 0 Å². The van der Waals surface area contributed by atoms with E-state index in [-0.39, 0.29) is 5.91 Å². The van der Waals surface area contributed by atoms with Crippen molar-refractivity contribution in [3.05, 3.63) is 53.0 Å². The van der Waals surface area contributed by atoms with Crippen LogP contribution in [0.4, 0.5) is 5.82 Å². The first-order valence-electron chi connectivity index (χ1n) is 5.88. The van der Waals surface area contributed by atoms with Crippen LogP contribution in [0.25, 0.3) is 11.1 Å². The zero-order chi connectivity index (χ0) is 14.1. The van der Waals surface area contributed by atoms with Gasteiger partial charge in [-0.3, -0.25) is 9.69 Å². The quantitative estimate of drug-likeness (QED) is 0.723. The summed E-state index contributed by atoms with van der Waals surface area (Å²) in [6.07, 6.45) is 3.00. The number of rotatable bonds is 2. The molecule has 1 aromatic carbocycles. The second kappa shape index (κ2) is 5.05. The molecule has 1 amide bonds. The average molecular weight is 332 g/mol. The minimum Gasteiger partial charge on any atom is -0.443 e. The van der Waals surface area contributed by atoms with Crippen LogP contribution in [0, 0.1) is 0 Å². The average Bonchev–Trinajstić information content (AvgIpc) is 2.93. The van der Waals surface area contributed by atoms with Crippen molar-refractivity contribution in [2.45, 2.75) is 0 Å². The maximum absolute atomic E-state index is 12.4. The number of oxazole rings is 1. The van der Waals surface area contributed by atoms with Crippen molar-refractivity contribution >= 4 is 38.8 Å². The fourth-order valence-electron chi connectivity index (χ4n) is 1.86. The largest absolute Gasteiger partial charge is 0.443 e. The van der Waals surface area contributed by atoms with Gasteiger partial charge in [0.2, 0.25) is 0 Å². The van der Waals surface area contributed by atoms with Crippen LogP contribution in [-0.4, -0.2) is 22.9 Å². The summed E-state index contributed by atoms with van der Waals surface area (Å²) in [6, 6.07) is 8.75. The normalized spacial score (nSPS) is 10.7. The lowest BCUT2D eigenvalue weighted by atomic mass is 10.2. The van der Waals surface area contributed by atoms with Crippen LogP contribution in [-0.2, 0) is 0 Å². The smallest absolute Gasteiger partial charge is 0.259 e. The molecular weight excluding hydrogens is 322 g/mol. The number of hydrogen-bond donors (Lipinski definition) is 0. The van der Waals surface area contributed by atoms with Crippen molar-refractivity contribution in [3.8, 4) is 0 Å². The highest BCUT2D eigenvalue weighted by Crippen LogP contribution is 2.20. The van der Waals surface area contributed by atoms with E-state index in [1.807, 2.05) is 6.07 Å². The molecule has 0 fully saturated rings. The molecule has 0 spiro atoms. The first-order chi connectivity index (χ1) is 9.65. The highest BCUT2D eigenvalue weighted by Gasteiger charge is 2.15. The Hall–Kier alpha value is -2.21. The van der Waals surface area contributed by atoms with E-state index in [1.165, 1.54) is 11.3 Å². The predicted octanol–water partition coefficient (Wildman–Crippen LogP) is 3.26. The highest BCUT2D eigenvalue weighted by molar-refractivity contribution is 9.10. The fraction of sp³-hybridized carbons (Fsp3) is 0.0714. The molecule has 0 saturated heterocycles. The molecular formula is C14H10BrN3O2. The topological polar surface area (TPSA) is 59.2 Å². The molecule has 0 aliphatic carbocycles. The Bertz CT molecular complexity index is 785. The third-order valence-electron chi connectivity index (χ3n) is 2.93. The first-order valence-corrected chi connectivity index (χ1v) is 6.67. The zero-order valence-corrected chi connectivity index (χ0v) is 12.2. The Morgan fingerprint density at radius 1 is 1.25 bits per heavy atom. The summed E-state index contributed by atoms with van der Waals surface area (Å²) < 4.78 is 6.08. The van der Waals surface area contributed by atoms with Gasteiger partial charge >= 0.3 is 0 Å². The van der Waals surface area contributed by atoms with Crippen LogP contribution in [0.5, 0.6) is 0 Å². The van der Waals surface area contributed by atoms with E-state index >= 15 is 0 Å². The number of carbonyl (C=O) groups is 1. The van der Waals surface area contributed by atoms with Crippen LogP contribution in [0.3, 0.4) is 0 Å². The van der Waals surface area contributed by atoms with Crippen molar-refractivity contribution in [1.82, 2.24) is 9.97 Å². The molecule has 2 aromatic heterocycles. The van der Waals surface area contributed by atoms with Gasteiger partial charge in [0.25, 0.3) is 5.91 Å². The monoisotopic (exact) mass is 331 g/mol. The van der Waals surface area contributed by atoms with Crippen molar-refractivity contribution in [2.75, 3.05) is 11.9 Å². The molecule has 0 unspecified atom stereocenters. The number of pyridine rings is 1. The molecule has 0 aliphatic heterocycles. The lowest BCUT2D eigenvalue weighted by Crippen LogP contribution is -2.26. The second-order valence-corrected chi connectivity index (χ2v) is 5.15. The molecule has 2 heterocycles. The van der Waals surface area contributed by atoms with Gasteiger partial charge in [-0.25, -0.2) is 9.97 Å². The number of amides is 1. The molecule has 3 rings (SSSR count). The zero-order valence-electron chi connectivity index (χ0n) is 10.6. The third-order valence-corrected chi connectivity index (χ3v) is 3.43. The van der Waals surface area contributed by atoms with Crippen molar-refractivity contribution in [2.24, 2.45) is 0 Å². The molecule has 0 radical (unpaired) electrons.